The first-order valence-corrected chi connectivity index (χ1v) is 11.6. The van der Waals surface area contributed by atoms with Crippen LogP contribution in [-0.2, 0) is 14.8 Å². The van der Waals surface area contributed by atoms with E-state index < -0.39 is 28.3 Å². The van der Waals surface area contributed by atoms with Gasteiger partial charge in [0.05, 0.1) is 18.2 Å². The first-order chi connectivity index (χ1) is 15.3. The lowest BCUT2D eigenvalue weighted by Gasteiger charge is -2.21. The molecule has 0 saturated heterocycles. The second kappa shape index (κ2) is 8.76. The van der Waals surface area contributed by atoms with E-state index in [2.05, 4.69) is 16.6 Å². The number of hydrogen-bond acceptors (Lipinski definition) is 4. The Morgan fingerprint density at radius 1 is 0.969 bits per heavy atom. The Labute approximate surface area is 185 Å². The van der Waals surface area contributed by atoms with Crippen LogP contribution in [0.15, 0.2) is 84.0 Å². The Morgan fingerprint density at radius 2 is 1.53 bits per heavy atom. The van der Waals surface area contributed by atoms with Crippen LogP contribution >= 0.6 is 0 Å². The van der Waals surface area contributed by atoms with Gasteiger partial charge >= 0.3 is 0 Å². The first kappa shape index (κ1) is 21.5. The van der Waals surface area contributed by atoms with Crippen LogP contribution in [0.5, 0.6) is 0 Å². The highest BCUT2D eigenvalue weighted by Gasteiger charge is 2.23. The number of rotatable bonds is 6. The molecule has 0 aliphatic carbocycles. The number of sulfonamides is 1. The summed E-state index contributed by atoms with van der Waals surface area (Å²) in [4.78, 5) is 12.4. The molecule has 162 valence electrons. The zero-order chi connectivity index (χ0) is 22.7. The number of nitrogens with one attached hydrogen (secondary N) is 1. The van der Waals surface area contributed by atoms with E-state index in [-0.39, 0.29) is 5.69 Å². The number of hydrogen-bond donors (Lipinski definition) is 1. The lowest BCUT2D eigenvalue weighted by Crippen LogP contribution is -2.39. The van der Waals surface area contributed by atoms with Gasteiger partial charge in [-0.05, 0) is 39.7 Å². The topological polar surface area (TPSA) is 78.8 Å². The summed E-state index contributed by atoms with van der Waals surface area (Å²) in [6.45, 7) is -0.604. The lowest BCUT2D eigenvalue weighted by molar-refractivity contribution is -0.119. The molecule has 0 unspecified atom stereocenters. The first-order valence-electron chi connectivity index (χ1n) is 9.79. The molecule has 0 aliphatic heterocycles. The fraction of sp³-hybridized carbons (Fsp3) is 0.0833. The summed E-state index contributed by atoms with van der Waals surface area (Å²) in [6.07, 6.45) is 2.45. The number of benzene rings is 4. The Balaban J connectivity index is 1.61. The second-order valence-electron chi connectivity index (χ2n) is 7.25. The molecule has 1 amide bonds. The number of para-hydroxylation sites is 1. The minimum Gasteiger partial charge on any atom is -0.271 e. The molecular weight excluding hydrogens is 429 g/mol. The summed E-state index contributed by atoms with van der Waals surface area (Å²) in [7, 11) is -3.89. The third-order valence-electron chi connectivity index (χ3n) is 5.00. The SMILES string of the molecule is CS(=O)(=O)N(CC(=O)N/N=C\c1c2ccccc2cc2ccccc12)c1ccccc1F. The molecule has 0 aliphatic rings. The summed E-state index contributed by atoms with van der Waals surface area (Å²) >= 11 is 0. The highest BCUT2D eigenvalue weighted by atomic mass is 32.2. The largest absolute Gasteiger partial charge is 0.271 e. The summed E-state index contributed by atoms with van der Waals surface area (Å²) in [5.41, 5.74) is 2.98. The predicted octanol–water partition coefficient (Wildman–Crippen LogP) is 4.05. The summed E-state index contributed by atoms with van der Waals surface area (Å²) < 4.78 is 39.1. The van der Waals surface area contributed by atoms with Gasteiger partial charge in [0, 0.05) is 5.56 Å². The number of amides is 1. The molecule has 6 nitrogen and oxygen atoms in total. The van der Waals surface area contributed by atoms with Crippen LogP contribution in [0.2, 0.25) is 0 Å². The van der Waals surface area contributed by atoms with E-state index >= 15 is 0 Å². The molecule has 8 heteroatoms. The predicted molar refractivity (Wildman–Crippen MR) is 126 cm³/mol. The maximum Gasteiger partial charge on any atom is 0.260 e. The molecule has 0 atom stereocenters. The summed E-state index contributed by atoms with van der Waals surface area (Å²) in [5, 5.41) is 8.04. The van der Waals surface area contributed by atoms with Crippen LogP contribution < -0.4 is 9.73 Å². The maximum atomic E-state index is 14.1. The zero-order valence-corrected chi connectivity index (χ0v) is 18.0. The van der Waals surface area contributed by atoms with Crippen molar-refractivity contribution in [1.82, 2.24) is 5.43 Å². The van der Waals surface area contributed by atoms with Gasteiger partial charge in [0.2, 0.25) is 10.0 Å². The van der Waals surface area contributed by atoms with Gasteiger partial charge in [-0.3, -0.25) is 9.10 Å². The molecule has 0 heterocycles. The van der Waals surface area contributed by atoms with Crippen molar-refractivity contribution in [2.24, 2.45) is 5.10 Å². The third-order valence-corrected chi connectivity index (χ3v) is 6.13. The Morgan fingerprint density at radius 3 is 2.12 bits per heavy atom. The highest BCUT2D eigenvalue weighted by molar-refractivity contribution is 7.92. The molecule has 4 aromatic rings. The van der Waals surface area contributed by atoms with Gasteiger partial charge in [0.25, 0.3) is 5.91 Å². The van der Waals surface area contributed by atoms with Crippen LogP contribution in [0.1, 0.15) is 5.56 Å². The maximum absolute atomic E-state index is 14.1. The molecule has 4 rings (SSSR count). The number of carbonyl (C=O) groups excluding carboxylic acids is 1. The van der Waals surface area contributed by atoms with Crippen molar-refractivity contribution >= 4 is 49.4 Å². The van der Waals surface area contributed by atoms with Gasteiger partial charge in [0.1, 0.15) is 12.4 Å². The van der Waals surface area contributed by atoms with Gasteiger partial charge < -0.3 is 0 Å². The smallest absolute Gasteiger partial charge is 0.260 e. The van der Waals surface area contributed by atoms with Crippen LogP contribution in [-0.4, -0.2) is 33.3 Å². The molecule has 0 radical (unpaired) electrons. The monoisotopic (exact) mass is 449 g/mol. The number of fused-ring (bicyclic) bond motifs is 2. The molecule has 32 heavy (non-hydrogen) atoms. The molecule has 4 aromatic carbocycles. The van der Waals surface area contributed by atoms with Gasteiger partial charge in [-0.1, -0.05) is 60.7 Å². The van der Waals surface area contributed by atoms with Crippen molar-refractivity contribution in [3.8, 4) is 0 Å². The normalized spacial score (nSPS) is 11.8. The average Bonchev–Trinajstić information content (AvgIpc) is 2.77. The van der Waals surface area contributed by atoms with Crippen molar-refractivity contribution in [2.45, 2.75) is 0 Å². The van der Waals surface area contributed by atoms with E-state index in [1.807, 2.05) is 48.5 Å². The van der Waals surface area contributed by atoms with Gasteiger partial charge in [-0.2, -0.15) is 5.10 Å². The van der Waals surface area contributed by atoms with Crippen LogP contribution in [0.4, 0.5) is 10.1 Å². The number of halogens is 1. The fourth-order valence-electron chi connectivity index (χ4n) is 3.56. The standard InChI is InChI=1S/C24H20FN3O3S/c1-32(30,31)28(23-13-7-6-12-22(23)25)16-24(29)27-26-15-21-19-10-4-2-8-17(19)14-18-9-3-5-11-20(18)21/h2-15H,16H2,1H3,(H,27,29)/b26-15-. The third kappa shape index (κ3) is 4.45. The van der Waals surface area contributed by atoms with Crippen LogP contribution in [0, 0.1) is 5.82 Å². The molecule has 0 saturated carbocycles. The molecule has 0 bridgehead atoms. The fourth-order valence-corrected chi connectivity index (χ4v) is 4.41. The molecule has 0 fully saturated rings. The van der Waals surface area contributed by atoms with Crippen molar-refractivity contribution in [3.05, 3.63) is 90.2 Å². The van der Waals surface area contributed by atoms with E-state index in [9.17, 15) is 17.6 Å². The highest BCUT2D eigenvalue weighted by Crippen LogP contribution is 2.27. The van der Waals surface area contributed by atoms with E-state index in [0.29, 0.717) is 4.31 Å². The number of nitrogens with zero attached hydrogens (tertiary/aromatic N) is 2. The zero-order valence-electron chi connectivity index (χ0n) is 17.2. The summed E-state index contributed by atoms with van der Waals surface area (Å²) in [5.74, 6) is -1.43. The number of hydrazone groups is 1. The van der Waals surface area contributed by atoms with Gasteiger partial charge in [-0.25, -0.2) is 18.2 Å². The van der Waals surface area contributed by atoms with E-state index in [0.717, 1.165) is 39.4 Å². The van der Waals surface area contributed by atoms with Crippen molar-refractivity contribution in [2.75, 3.05) is 17.1 Å². The minimum absolute atomic E-state index is 0.200. The van der Waals surface area contributed by atoms with E-state index in [1.165, 1.54) is 24.4 Å². The molecule has 1 N–H and O–H groups in total. The van der Waals surface area contributed by atoms with Gasteiger partial charge in [0.15, 0.2) is 0 Å². The van der Waals surface area contributed by atoms with Gasteiger partial charge in [-0.15, -0.1) is 0 Å². The van der Waals surface area contributed by atoms with Crippen molar-refractivity contribution < 1.29 is 17.6 Å². The number of anilines is 1. The van der Waals surface area contributed by atoms with Crippen molar-refractivity contribution in [3.63, 3.8) is 0 Å². The average molecular weight is 450 g/mol. The van der Waals surface area contributed by atoms with Crippen LogP contribution in [0.25, 0.3) is 21.5 Å². The van der Waals surface area contributed by atoms with Crippen molar-refractivity contribution in [1.29, 1.82) is 0 Å². The summed E-state index contributed by atoms with van der Waals surface area (Å²) in [6, 6.07) is 23.1. The lowest BCUT2D eigenvalue weighted by atomic mass is 9.97. The van der Waals surface area contributed by atoms with Crippen LogP contribution in [0.3, 0.4) is 0 Å². The Bertz CT molecular complexity index is 1400. The second-order valence-corrected chi connectivity index (χ2v) is 9.15. The Kier molecular flexibility index (Phi) is 5.87. The molecule has 0 spiro atoms. The molecular formula is C24H20FN3O3S. The van der Waals surface area contributed by atoms with E-state index in [4.69, 9.17) is 0 Å². The molecule has 0 aromatic heterocycles. The van der Waals surface area contributed by atoms with E-state index in [1.54, 1.807) is 0 Å². The number of carbonyl (C=O) groups is 1. The quantitative estimate of drug-likeness (QED) is 0.274. The minimum atomic E-state index is -3.89. The Hall–Kier alpha value is -3.78.